The molecule has 0 heterocycles. The van der Waals surface area contributed by atoms with Gasteiger partial charge in [0.05, 0.1) is 0 Å². The number of hydrogen-bond acceptors (Lipinski definition) is 1. The van der Waals surface area contributed by atoms with E-state index in [0.29, 0.717) is 0 Å². The van der Waals surface area contributed by atoms with Crippen molar-refractivity contribution in [2.75, 3.05) is 6.54 Å². The first kappa shape index (κ1) is 21.2. The molecule has 0 radical (unpaired) electrons. The maximum atomic E-state index is 3.54. The Kier molecular flexibility index (Phi) is 11.4. The van der Waals surface area contributed by atoms with E-state index in [1.54, 1.807) is 0 Å². The van der Waals surface area contributed by atoms with Crippen molar-refractivity contribution < 1.29 is 0 Å². The Bertz CT molecular complexity index is 764. The van der Waals surface area contributed by atoms with Crippen LogP contribution in [0.1, 0.15) is 24.8 Å². The van der Waals surface area contributed by atoms with Crippen molar-refractivity contribution in [1.29, 1.82) is 0 Å². The van der Waals surface area contributed by atoms with E-state index in [9.17, 15) is 0 Å². The monoisotopic (exact) mass is 369 g/mol. The smallest absolute Gasteiger partial charge is 0.0340 e. The quantitative estimate of drug-likeness (QED) is 0.522. The first-order valence-electron chi connectivity index (χ1n) is 10.1. The second-order valence-corrected chi connectivity index (χ2v) is 6.51. The molecule has 1 aliphatic carbocycles. The van der Waals surface area contributed by atoms with Gasteiger partial charge in [-0.15, -0.1) is 0 Å². The fraction of sp³-hybridized carbons (Fsp3) is 0.185. The van der Waals surface area contributed by atoms with Crippen LogP contribution in [-0.4, -0.2) is 6.54 Å². The molecule has 0 atom stereocenters. The maximum Gasteiger partial charge on any atom is 0.0340 e. The predicted molar refractivity (Wildman–Crippen MR) is 123 cm³/mol. The topological polar surface area (TPSA) is 12.0 Å². The van der Waals surface area contributed by atoms with Crippen LogP contribution in [0.4, 0.5) is 0 Å². The van der Waals surface area contributed by atoms with E-state index in [-0.39, 0.29) is 0 Å². The number of allylic oxidation sites excluding steroid dienone is 11. The highest BCUT2D eigenvalue weighted by Gasteiger charge is 1.94. The van der Waals surface area contributed by atoms with E-state index in [1.165, 1.54) is 24.8 Å². The molecule has 144 valence electrons. The summed E-state index contributed by atoms with van der Waals surface area (Å²) in [5.41, 5.74) is 2.52. The van der Waals surface area contributed by atoms with Crippen LogP contribution in [0.5, 0.6) is 0 Å². The molecule has 0 unspecified atom stereocenters. The SMILES string of the molecule is C1=C\C=C/C=C\C(NCCCCCc2ccccccccc2)=C/C=C\C=C1. The fourth-order valence-corrected chi connectivity index (χ4v) is 2.71. The first-order valence-corrected chi connectivity index (χ1v) is 10.1. The molecule has 0 aromatic heterocycles. The van der Waals surface area contributed by atoms with Gasteiger partial charge in [0.25, 0.3) is 0 Å². The molecule has 2 rings (SSSR count). The third-order valence-corrected chi connectivity index (χ3v) is 4.20. The van der Waals surface area contributed by atoms with Gasteiger partial charge in [-0.25, -0.2) is 0 Å². The molecule has 1 aromatic carbocycles. The van der Waals surface area contributed by atoms with Crippen LogP contribution in [0.15, 0.2) is 127 Å². The van der Waals surface area contributed by atoms with Gasteiger partial charge < -0.3 is 5.32 Å². The molecule has 0 fully saturated rings. The van der Waals surface area contributed by atoms with Gasteiger partial charge in [-0.05, 0) is 37.0 Å². The normalized spacial score (nSPS) is 18.5. The van der Waals surface area contributed by atoms with Gasteiger partial charge in [0.2, 0.25) is 0 Å². The largest absolute Gasteiger partial charge is 0.385 e. The molecule has 0 spiro atoms. The zero-order valence-corrected chi connectivity index (χ0v) is 16.6. The van der Waals surface area contributed by atoms with Gasteiger partial charge >= 0.3 is 0 Å². The summed E-state index contributed by atoms with van der Waals surface area (Å²) in [7, 11) is 0. The molecular formula is C27H31N. The summed E-state index contributed by atoms with van der Waals surface area (Å²) in [6.07, 6.45) is 27.3. The lowest BCUT2D eigenvalue weighted by Crippen LogP contribution is -2.13. The molecule has 28 heavy (non-hydrogen) atoms. The Hall–Kier alpha value is -3.06. The Labute approximate surface area is 170 Å². The number of aryl methyl sites for hydroxylation is 1. The van der Waals surface area contributed by atoms with Crippen molar-refractivity contribution in [1.82, 2.24) is 5.32 Å². The van der Waals surface area contributed by atoms with Crippen molar-refractivity contribution in [3.8, 4) is 0 Å². The van der Waals surface area contributed by atoms with Crippen LogP contribution in [0.2, 0.25) is 0 Å². The van der Waals surface area contributed by atoms with Crippen LogP contribution in [0, 0.1) is 0 Å². The van der Waals surface area contributed by atoms with Crippen molar-refractivity contribution >= 4 is 0 Å². The zero-order chi connectivity index (χ0) is 19.5. The summed E-state index contributed by atoms with van der Waals surface area (Å²) in [4.78, 5) is 0. The van der Waals surface area contributed by atoms with E-state index >= 15 is 0 Å². The highest BCUT2D eigenvalue weighted by Crippen LogP contribution is 2.05. The number of unbranched alkanes of at least 4 members (excludes halogenated alkanes) is 2. The minimum atomic E-state index is 0.992. The predicted octanol–water partition coefficient (Wildman–Crippen LogP) is 6.79. The van der Waals surface area contributed by atoms with Gasteiger partial charge in [-0.1, -0.05) is 116 Å². The van der Waals surface area contributed by atoms with Crippen LogP contribution in [-0.2, 0) is 6.42 Å². The van der Waals surface area contributed by atoms with E-state index in [2.05, 4.69) is 78.2 Å². The number of nitrogens with one attached hydrogen (secondary N) is 1. The molecule has 0 aliphatic heterocycles. The molecule has 0 saturated heterocycles. The molecule has 0 amide bonds. The lowest BCUT2D eigenvalue weighted by molar-refractivity contribution is 0.647. The Balaban J connectivity index is 1.74. The van der Waals surface area contributed by atoms with Crippen LogP contribution in [0.3, 0.4) is 0 Å². The zero-order valence-electron chi connectivity index (χ0n) is 16.6. The third-order valence-electron chi connectivity index (χ3n) is 4.20. The highest BCUT2D eigenvalue weighted by molar-refractivity contribution is 5.28. The lowest BCUT2D eigenvalue weighted by Gasteiger charge is -2.07. The molecule has 1 aromatic rings. The van der Waals surface area contributed by atoms with Crippen molar-refractivity contribution in [2.45, 2.75) is 25.7 Å². The third kappa shape index (κ3) is 10.8. The van der Waals surface area contributed by atoms with Gasteiger partial charge in [0.1, 0.15) is 0 Å². The summed E-state index contributed by atoms with van der Waals surface area (Å²) in [5.74, 6) is 0. The van der Waals surface area contributed by atoms with Gasteiger partial charge in [-0.2, -0.15) is 0 Å². The van der Waals surface area contributed by atoms with Crippen molar-refractivity contribution in [2.24, 2.45) is 0 Å². The molecule has 1 nitrogen and oxygen atoms in total. The first-order chi connectivity index (χ1) is 13.9. The summed E-state index contributed by atoms with van der Waals surface area (Å²) in [5, 5.41) is 3.54. The highest BCUT2D eigenvalue weighted by atomic mass is 14.9. The lowest BCUT2D eigenvalue weighted by atomic mass is 10.1. The Morgan fingerprint density at radius 3 is 1.79 bits per heavy atom. The molecule has 1 heteroatoms. The molecule has 0 saturated carbocycles. The average Bonchev–Trinajstić information content (AvgIpc) is 2.70. The fourth-order valence-electron chi connectivity index (χ4n) is 2.71. The van der Waals surface area contributed by atoms with Crippen LogP contribution in [0.25, 0.3) is 0 Å². The summed E-state index contributed by atoms with van der Waals surface area (Å²) in [6, 6.07) is 19.0. The number of hydrogen-bond donors (Lipinski definition) is 1. The Morgan fingerprint density at radius 2 is 1.11 bits per heavy atom. The molecule has 1 aliphatic rings. The summed E-state index contributed by atoms with van der Waals surface area (Å²) >= 11 is 0. The maximum absolute atomic E-state index is 3.54. The van der Waals surface area contributed by atoms with Crippen molar-refractivity contribution in [3.63, 3.8) is 0 Å². The molecule has 1 N–H and O–H groups in total. The van der Waals surface area contributed by atoms with E-state index in [4.69, 9.17) is 0 Å². The minimum Gasteiger partial charge on any atom is -0.385 e. The van der Waals surface area contributed by atoms with Gasteiger partial charge in [0.15, 0.2) is 0 Å². The Morgan fingerprint density at radius 1 is 0.536 bits per heavy atom. The summed E-state index contributed by atoms with van der Waals surface area (Å²) in [6.45, 7) is 0.992. The average molecular weight is 370 g/mol. The summed E-state index contributed by atoms with van der Waals surface area (Å²) < 4.78 is 0. The van der Waals surface area contributed by atoms with E-state index in [0.717, 1.165) is 18.7 Å². The van der Waals surface area contributed by atoms with Crippen LogP contribution >= 0.6 is 0 Å². The second kappa shape index (κ2) is 15.0. The van der Waals surface area contributed by atoms with E-state index in [1.807, 2.05) is 48.6 Å². The number of rotatable bonds is 7. The van der Waals surface area contributed by atoms with Gasteiger partial charge in [-0.3, -0.25) is 0 Å². The standard InChI is InChI=1S/C27H31N/c1-2-7-11-17-23-27(24-18-12-8-3-1)28-25-19-13-16-22-26-20-14-9-5-4-6-10-15-21-26/h1-12,14-15,17-18,20-21,23-24,28H,13,16,19,22,25H2/b2-1?,3-1?,5-4?,6-4?,7-2?,8-3?,9-5?,10-6?,11-7-,12-8?,14-9?,15-10?,17-11?,18-12-,20-14?,21-15?,23-17-,24-18?,26-20?,26-21?,27-23?,27-24+. The van der Waals surface area contributed by atoms with E-state index < -0.39 is 0 Å². The van der Waals surface area contributed by atoms with Crippen LogP contribution < -0.4 is 5.32 Å². The van der Waals surface area contributed by atoms with Crippen molar-refractivity contribution in [3.05, 3.63) is 133 Å². The molecule has 0 bridgehead atoms. The van der Waals surface area contributed by atoms with Gasteiger partial charge in [0, 0.05) is 12.2 Å². The second-order valence-electron chi connectivity index (χ2n) is 6.51. The molecular weight excluding hydrogens is 338 g/mol. The minimum absolute atomic E-state index is 0.992.